The molecule has 0 saturated heterocycles. The van der Waals surface area contributed by atoms with Crippen molar-refractivity contribution >= 4 is 32.8 Å². The molecule has 0 unspecified atom stereocenters. The molecule has 3 aromatic carbocycles. The quantitative estimate of drug-likeness (QED) is 0.248. The number of anilines is 1. The molecule has 0 aliphatic heterocycles. The van der Waals surface area contributed by atoms with Gasteiger partial charge in [-0.15, -0.1) is 0 Å². The van der Waals surface area contributed by atoms with Crippen LogP contribution in [0.25, 0.3) is 27.8 Å². The van der Waals surface area contributed by atoms with Crippen molar-refractivity contribution in [1.29, 1.82) is 0 Å². The summed E-state index contributed by atoms with van der Waals surface area (Å²) < 4.78 is 3.21. The summed E-state index contributed by atoms with van der Waals surface area (Å²) in [5.74, 6) is 0.952. The molecule has 0 N–H and O–H groups in total. The zero-order valence-corrected chi connectivity index (χ0v) is 20.3. The molecule has 164 valence electrons. The van der Waals surface area contributed by atoms with Crippen molar-refractivity contribution in [2.45, 2.75) is 26.4 Å². The summed E-state index contributed by atoms with van der Waals surface area (Å²) in [6.45, 7) is 5.21. The monoisotopic (exact) mass is 496 g/mol. The van der Waals surface area contributed by atoms with E-state index in [1.807, 2.05) is 6.07 Å². The van der Waals surface area contributed by atoms with E-state index in [0.29, 0.717) is 0 Å². The standard InChI is InChI=1S/C28H25BrN4/c1-20(2)32(17-21-9-5-3-6-10-21)27-26-25(22-11-7-4-8-12-22)18-33(28(26)31-19-30-27)24-15-13-23(29)14-16-24/h3-16,18-20H,17H2,1-2H3. The molecule has 0 aliphatic carbocycles. The fourth-order valence-electron chi connectivity index (χ4n) is 4.18. The van der Waals surface area contributed by atoms with Crippen LogP contribution >= 0.6 is 15.9 Å². The predicted octanol–water partition coefficient (Wildman–Crippen LogP) is 7.27. The molecule has 5 aromatic rings. The molecule has 0 radical (unpaired) electrons. The minimum Gasteiger partial charge on any atom is -0.349 e. The van der Waals surface area contributed by atoms with Crippen molar-refractivity contribution in [3.8, 4) is 16.8 Å². The summed E-state index contributed by atoms with van der Waals surface area (Å²) in [7, 11) is 0. The zero-order valence-electron chi connectivity index (χ0n) is 18.7. The molecule has 5 heteroatoms. The van der Waals surface area contributed by atoms with Crippen molar-refractivity contribution in [2.24, 2.45) is 0 Å². The van der Waals surface area contributed by atoms with Crippen molar-refractivity contribution < 1.29 is 0 Å². The third-order valence-electron chi connectivity index (χ3n) is 5.84. The molecular weight excluding hydrogens is 472 g/mol. The van der Waals surface area contributed by atoms with Crippen LogP contribution in [0.4, 0.5) is 5.82 Å². The highest BCUT2D eigenvalue weighted by atomic mass is 79.9. The number of rotatable bonds is 6. The first-order chi connectivity index (χ1) is 16.1. The largest absolute Gasteiger partial charge is 0.349 e. The van der Waals surface area contributed by atoms with Crippen LogP contribution < -0.4 is 4.90 Å². The van der Waals surface area contributed by atoms with Crippen molar-refractivity contribution in [1.82, 2.24) is 14.5 Å². The Morgan fingerprint density at radius 1 is 0.848 bits per heavy atom. The van der Waals surface area contributed by atoms with E-state index in [-0.39, 0.29) is 6.04 Å². The summed E-state index contributed by atoms with van der Waals surface area (Å²) >= 11 is 3.55. The van der Waals surface area contributed by atoms with Gasteiger partial charge in [0, 0.05) is 34.5 Å². The van der Waals surface area contributed by atoms with Crippen molar-refractivity contribution in [3.63, 3.8) is 0 Å². The van der Waals surface area contributed by atoms with E-state index in [4.69, 9.17) is 9.97 Å². The van der Waals surface area contributed by atoms with Gasteiger partial charge in [-0.05, 0) is 49.2 Å². The predicted molar refractivity (Wildman–Crippen MR) is 140 cm³/mol. The first-order valence-corrected chi connectivity index (χ1v) is 11.9. The van der Waals surface area contributed by atoms with Gasteiger partial charge in [0.1, 0.15) is 12.1 Å². The maximum Gasteiger partial charge on any atom is 0.150 e. The van der Waals surface area contributed by atoms with E-state index in [0.717, 1.165) is 44.7 Å². The smallest absolute Gasteiger partial charge is 0.150 e. The zero-order chi connectivity index (χ0) is 22.8. The number of fused-ring (bicyclic) bond motifs is 1. The van der Waals surface area contributed by atoms with Crippen LogP contribution in [0.15, 0.2) is 102 Å². The first-order valence-electron chi connectivity index (χ1n) is 11.1. The number of benzene rings is 3. The summed E-state index contributed by atoms with van der Waals surface area (Å²) in [4.78, 5) is 11.9. The van der Waals surface area contributed by atoms with Gasteiger partial charge >= 0.3 is 0 Å². The van der Waals surface area contributed by atoms with Crippen LogP contribution in [0.2, 0.25) is 0 Å². The summed E-state index contributed by atoms with van der Waals surface area (Å²) in [6, 6.07) is 29.6. The molecule has 4 nitrogen and oxygen atoms in total. The minimum atomic E-state index is 0.267. The lowest BCUT2D eigenvalue weighted by molar-refractivity contribution is 0.674. The van der Waals surface area contributed by atoms with Crippen LogP contribution in [0.5, 0.6) is 0 Å². The average molecular weight is 497 g/mol. The molecule has 0 fully saturated rings. The second kappa shape index (κ2) is 9.20. The van der Waals surface area contributed by atoms with Crippen LogP contribution in [-0.4, -0.2) is 20.6 Å². The van der Waals surface area contributed by atoms with Gasteiger partial charge in [-0.1, -0.05) is 76.6 Å². The molecule has 0 aliphatic rings. The highest BCUT2D eigenvalue weighted by Crippen LogP contribution is 2.37. The number of nitrogens with zero attached hydrogens (tertiary/aromatic N) is 4. The molecule has 0 bridgehead atoms. The topological polar surface area (TPSA) is 34.0 Å². The second-order valence-corrected chi connectivity index (χ2v) is 9.27. The Bertz CT molecular complexity index is 1360. The molecule has 2 aromatic heterocycles. The lowest BCUT2D eigenvalue weighted by atomic mass is 10.1. The van der Waals surface area contributed by atoms with Gasteiger partial charge in [0.25, 0.3) is 0 Å². The number of halogens is 1. The van der Waals surface area contributed by atoms with Gasteiger partial charge in [0.2, 0.25) is 0 Å². The number of hydrogen-bond donors (Lipinski definition) is 0. The van der Waals surface area contributed by atoms with Crippen LogP contribution in [0, 0.1) is 0 Å². The molecule has 0 spiro atoms. The van der Waals surface area contributed by atoms with Crippen LogP contribution in [0.3, 0.4) is 0 Å². The SMILES string of the molecule is CC(C)N(Cc1ccccc1)c1ncnc2c1c(-c1ccccc1)cn2-c1ccc(Br)cc1. The van der Waals surface area contributed by atoms with Gasteiger partial charge in [-0.2, -0.15) is 0 Å². The van der Waals surface area contributed by atoms with Crippen LogP contribution in [0.1, 0.15) is 19.4 Å². The molecular formula is C28H25BrN4. The Morgan fingerprint density at radius 3 is 2.18 bits per heavy atom. The van der Waals surface area contributed by atoms with Gasteiger partial charge in [0.05, 0.1) is 5.39 Å². The molecule has 0 atom stereocenters. The average Bonchev–Trinajstić information content (AvgIpc) is 3.24. The minimum absolute atomic E-state index is 0.267. The third kappa shape index (κ3) is 4.29. The van der Waals surface area contributed by atoms with Gasteiger partial charge in [-0.25, -0.2) is 9.97 Å². The normalized spacial score (nSPS) is 11.3. The maximum absolute atomic E-state index is 4.83. The highest BCUT2D eigenvalue weighted by Gasteiger charge is 2.22. The highest BCUT2D eigenvalue weighted by molar-refractivity contribution is 9.10. The summed E-state index contributed by atoms with van der Waals surface area (Å²) in [5, 5.41) is 1.07. The Balaban J connectivity index is 1.75. The second-order valence-electron chi connectivity index (χ2n) is 8.36. The Morgan fingerprint density at radius 2 is 1.52 bits per heavy atom. The Kier molecular flexibility index (Phi) is 5.97. The molecule has 33 heavy (non-hydrogen) atoms. The van der Waals surface area contributed by atoms with Gasteiger partial charge in [-0.3, -0.25) is 0 Å². The molecule has 5 rings (SSSR count). The van der Waals surface area contributed by atoms with Gasteiger partial charge in [0.15, 0.2) is 5.65 Å². The lowest BCUT2D eigenvalue weighted by Gasteiger charge is -2.29. The van der Waals surface area contributed by atoms with Crippen LogP contribution in [-0.2, 0) is 6.54 Å². The summed E-state index contributed by atoms with van der Waals surface area (Å²) in [6.07, 6.45) is 3.87. The molecule has 0 amide bonds. The summed E-state index contributed by atoms with van der Waals surface area (Å²) in [5.41, 5.74) is 5.50. The van der Waals surface area contributed by atoms with E-state index in [1.54, 1.807) is 6.33 Å². The lowest BCUT2D eigenvalue weighted by Crippen LogP contribution is -2.31. The Hall–Kier alpha value is -3.44. The van der Waals surface area contributed by atoms with Crippen molar-refractivity contribution in [2.75, 3.05) is 4.90 Å². The fraction of sp³-hybridized carbons (Fsp3) is 0.143. The fourth-order valence-corrected chi connectivity index (χ4v) is 4.45. The number of hydrogen-bond acceptors (Lipinski definition) is 3. The van der Waals surface area contributed by atoms with Crippen molar-refractivity contribution in [3.05, 3.63) is 107 Å². The van der Waals surface area contributed by atoms with E-state index in [2.05, 4.69) is 124 Å². The third-order valence-corrected chi connectivity index (χ3v) is 6.37. The van der Waals surface area contributed by atoms with E-state index in [9.17, 15) is 0 Å². The van der Waals surface area contributed by atoms with E-state index in [1.165, 1.54) is 5.56 Å². The molecule has 2 heterocycles. The van der Waals surface area contributed by atoms with E-state index < -0.39 is 0 Å². The Labute approximate surface area is 202 Å². The maximum atomic E-state index is 4.83. The molecule has 0 saturated carbocycles. The number of aromatic nitrogens is 3. The van der Waals surface area contributed by atoms with E-state index >= 15 is 0 Å². The van der Waals surface area contributed by atoms with Gasteiger partial charge < -0.3 is 9.47 Å². The first kappa shape index (κ1) is 21.4.